The van der Waals surface area contributed by atoms with Gasteiger partial charge in [0.1, 0.15) is 12.4 Å². The second kappa shape index (κ2) is 4.15. The van der Waals surface area contributed by atoms with Crippen LogP contribution in [0.25, 0.3) is 16.3 Å². The molecule has 2 rings (SSSR count). The van der Waals surface area contributed by atoms with Crippen LogP contribution in [0.3, 0.4) is 0 Å². The van der Waals surface area contributed by atoms with E-state index in [2.05, 4.69) is 11.4 Å². The van der Waals surface area contributed by atoms with Crippen LogP contribution in [0.2, 0.25) is 0 Å². The van der Waals surface area contributed by atoms with Gasteiger partial charge in [-0.1, -0.05) is 12.7 Å². The summed E-state index contributed by atoms with van der Waals surface area (Å²) in [7, 11) is 0. The van der Waals surface area contributed by atoms with E-state index in [9.17, 15) is 9.59 Å². The lowest BCUT2D eigenvalue weighted by Crippen LogP contribution is -2.32. The van der Waals surface area contributed by atoms with E-state index in [1.165, 1.54) is 12.1 Å². The Morgan fingerprint density at radius 3 is 2.65 bits per heavy atom. The van der Waals surface area contributed by atoms with Gasteiger partial charge in [0.15, 0.2) is 0 Å². The highest BCUT2D eigenvalue weighted by Gasteiger charge is 2.16. The first-order valence-corrected chi connectivity index (χ1v) is 4.88. The van der Waals surface area contributed by atoms with Crippen molar-refractivity contribution in [3.8, 4) is 5.75 Å². The summed E-state index contributed by atoms with van der Waals surface area (Å²) in [5.41, 5.74) is 7.44. The molecular weight excluding hydrogens is 220 g/mol. The fourth-order valence-corrected chi connectivity index (χ4v) is 1.60. The van der Waals surface area contributed by atoms with Gasteiger partial charge < -0.3 is 10.3 Å². The fraction of sp³-hybridized carbons (Fsp3) is 0.0833. The molecule has 5 nitrogen and oxygen atoms in total. The highest BCUT2D eigenvalue weighted by atomic mass is 16.5. The minimum Gasteiger partial charge on any atom is -0.490 e. The van der Waals surface area contributed by atoms with Gasteiger partial charge in [-0.05, 0) is 18.2 Å². The minimum absolute atomic E-state index is 0.198. The van der Waals surface area contributed by atoms with Crippen molar-refractivity contribution in [2.45, 2.75) is 0 Å². The molecule has 0 aromatic heterocycles. The third-order valence-corrected chi connectivity index (χ3v) is 2.38. The summed E-state index contributed by atoms with van der Waals surface area (Å²) in [6, 6.07) is 4.51. The van der Waals surface area contributed by atoms with Gasteiger partial charge in [0.05, 0.1) is 0 Å². The maximum Gasteiger partial charge on any atom is 0.410 e. The molecule has 0 aliphatic carbocycles. The number of hydrogen-bond acceptors (Lipinski definition) is 3. The molecule has 0 aliphatic heterocycles. The van der Waals surface area contributed by atoms with E-state index < -0.39 is 16.2 Å². The molecule has 5 heteroatoms. The maximum atomic E-state index is 11.7. The van der Waals surface area contributed by atoms with Crippen molar-refractivity contribution in [3.05, 3.63) is 62.2 Å². The fourth-order valence-electron chi connectivity index (χ4n) is 1.60. The standard InChI is InChI=1S/C12H8N2O3/c1-2-5-17-7-3-4-8-9(6-7)12(16)10(14-13)11(8)15/h2-4,6H,1,5H2. The predicted octanol–water partition coefficient (Wildman–Crippen LogP) is 0.131. The van der Waals surface area contributed by atoms with E-state index >= 15 is 0 Å². The first-order valence-electron chi connectivity index (χ1n) is 4.88. The van der Waals surface area contributed by atoms with Crippen molar-refractivity contribution < 1.29 is 9.53 Å². The molecule has 0 spiro atoms. The lowest BCUT2D eigenvalue weighted by molar-refractivity contribution is -0.0674. The van der Waals surface area contributed by atoms with Crippen LogP contribution in [0.4, 0.5) is 0 Å². The number of ether oxygens (including phenoxy) is 1. The van der Waals surface area contributed by atoms with Gasteiger partial charge in [-0.3, -0.25) is 9.59 Å². The first kappa shape index (κ1) is 11.0. The van der Waals surface area contributed by atoms with E-state index in [-0.39, 0.29) is 10.8 Å². The minimum atomic E-state index is -0.587. The highest BCUT2D eigenvalue weighted by molar-refractivity contribution is 5.84. The van der Waals surface area contributed by atoms with Gasteiger partial charge in [0.25, 0.3) is 10.9 Å². The number of nitrogens with zero attached hydrogens (tertiary/aromatic N) is 2. The van der Waals surface area contributed by atoms with Crippen LogP contribution >= 0.6 is 0 Å². The lowest BCUT2D eigenvalue weighted by Gasteiger charge is -2.01. The van der Waals surface area contributed by atoms with Crippen molar-refractivity contribution in [2.75, 3.05) is 6.61 Å². The topological polar surface area (TPSA) is 79.8 Å². The molecule has 2 aromatic rings. The summed E-state index contributed by atoms with van der Waals surface area (Å²) in [6.07, 6.45) is 1.57. The van der Waals surface area contributed by atoms with Crippen LogP contribution in [-0.2, 0) is 0 Å². The monoisotopic (exact) mass is 228 g/mol. The second-order valence-corrected chi connectivity index (χ2v) is 3.41. The van der Waals surface area contributed by atoms with Crippen molar-refractivity contribution in [1.82, 2.24) is 0 Å². The lowest BCUT2D eigenvalue weighted by atomic mass is 10.2. The summed E-state index contributed by atoms with van der Waals surface area (Å²) in [5, 5.41) is -0.0287. The molecule has 0 unspecified atom stereocenters. The van der Waals surface area contributed by atoms with Gasteiger partial charge in [0.2, 0.25) is 0 Å². The molecule has 0 fully saturated rings. The average molecular weight is 228 g/mol. The summed E-state index contributed by atoms with van der Waals surface area (Å²) in [6.45, 7) is 3.81. The van der Waals surface area contributed by atoms with Crippen LogP contribution < -0.4 is 21.0 Å². The molecule has 0 bridgehead atoms. The molecule has 2 aromatic carbocycles. The van der Waals surface area contributed by atoms with Crippen LogP contribution in [-0.4, -0.2) is 11.4 Å². The zero-order valence-corrected chi connectivity index (χ0v) is 8.84. The normalized spacial score (nSPS) is 10.1. The van der Waals surface area contributed by atoms with Crippen molar-refractivity contribution in [2.24, 2.45) is 0 Å². The smallest absolute Gasteiger partial charge is 0.410 e. The van der Waals surface area contributed by atoms with E-state index in [1.54, 1.807) is 12.1 Å². The van der Waals surface area contributed by atoms with Crippen molar-refractivity contribution in [3.63, 3.8) is 0 Å². The Morgan fingerprint density at radius 2 is 2.00 bits per heavy atom. The largest absolute Gasteiger partial charge is 0.490 e. The molecule has 0 atom stereocenters. The molecule has 0 heterocycles. The van der Waals surface area contributed by atoms with Crippen molar-refractivity contribution in [1.29, 1.82) is 0 Å². The molecule has 0 amide bonds. The SMILES string of the molecule is C=CCOc1ccc2c(=O)c(=[N+]=[N-])c(=O)c2c1. The van der Waals surface area contributed by atoms with Crippen molar-refractivity contribution >= 4 is 10.8 Å². The molecule has 0 N–H and O–H groups in total. The third-order valence-electron chi connectivity index (χ3n) is 2.38. The van der Waals surface area contributed by atoms with E-state index in [4.69, 9.17) is 10.3 Å². The second-order valence-electron chi connectivity index (χ2n) is 3.41. The van der Waals surface area contributed by atoms with Crippen LogP contribution in [0.5, 0.6) is 5.75 Å². The molecule has 17 heavy (non-hydrogen) atoms. The van der Waals surface area contributed by atoms with E-state index in [0.29, 0.717) is 12.4 Å². The Bertz CT molecular complexity index is 763. The number of fused-ring (bicyclic) bond motifs is 1. The van der Waals surface area contributed by atoms with Gasteiger partial charge >= 0.3 is 5.36 Å². The Balaban J connectivity index is 2.75. The van der Waals surface area contributed by atoms with Gasteiger partial charge in [-0.15, -0.1) is 0 Å². The zero-order chi connectivity index (χ0) is 12.4. The van der Waals surface area contributed by atoms with Crippen LogP contribution in [0.1, 0.15) is 0 Å². The summed E-state index contributed by atoms with van der Waals surface area (Å²) < 4.78 is 5.25. The van der Waals surface area contributed by atoms with E-state index in [0.717, 1.165) is 0 Å². The number of hydrogen-bond donors (Lipinski definition) is 0. The Hall–Kier alpha value is -2.52. The third kappa shape index (κ3) is 1.68. The molecule has 0 saturated heterocycles. The summed E-state index contributed by atoms with van der Waals surface area (Å²) in [5.74, 6) is 0.462. The van der Waals surface area contributed by atoms with E-state index in [1.807, 2.05) is 0 Å². The highest BCUT2D eigenvalue weighted by Crippen LogP contribution is 2.15. The van der Waals surface area contributed by atoms with Crippen LogP contribution in [0.15, 0.2) is 40.4 Å². The number of benzene rings is 1. The Morgan fingerprint density at radius 1 is 1.29 bits per heavy atom. The molecular formula is C12H8N2O3. The molecule has 84 valence electrons. The zero-order valence-electron chi connectivity index (χ0n) is 8.84. The predicted molar refractivity (Wildman–Crippen MR) is 61.3 cm³/mol. The number of rotatable bonds is 3. The first-order chi connectivity index (χ1) is 8.19. The van der Waals surface area contributed by atoms with Gasteiger partial charge in [-0.2, -0.15) is 4.79 Å². The quantitative estimate of drug-likeness (QED) is 0.425. The summed E-state index contributed by atoms with van der Waals surface area (Å²) in [4.78, 5) is 26.0. The van der Waals surface area contributed by atoms with Crippen LogP contribution in [0, 0.1) is 0 Å². The molecule has 0 aliphatic rings. The maximum absolute atomic E-state index is 11.7. The van der Waals surface area contributed by atoms with Gasteiger partial charge in [0, 0.05) is 10.8 Å². The molecule has 0 saturated carbocycles. The summed E-state index contributed by atoms with van der Waals surface area (Å²) >= 11 is 0. The Labute approximate surface area is 95.5 Å². The molecule has 0 radical (unpaired) electrons. The average Bonchev–Trinajstić information content (AvgIpc) is 2.59. The van der Waals surface area contributed by atoms with Gasteiger partial charge in [-0.25, -0.2) is 0 Å². The Kier molecular flexibility index (Phi) is 2.68.